The summed E-state index contributed by atoms with van der Waals surface area (Å²) in [6, 6.07) is 3.04. The molecule has 66 valence electrons. The molecule has 2 rings (SSSR count). The van der Waals surface area contributed by atoms with Crippen molar-refractivity contribution < 1.29 is 0 Å². The van der Waals surface area contributed by atoms with Gasteiger partial charge in [-0.2, -0.15) is 5.26 Å². The Morgan fingerprint density at radius 1 is 1.42 bits per heavy atom. The fourth-order valence-electron chi connectivity index (χ4n) is 2.38. The van der Waals surface area contributed by atoms with Crippen molar-refractivity contribution in [3.8, 4) is 6.07 Å². The molecule has 2 aliphatic rings. The summed E-state index contributed by atoms with van der Waals surface area (Å²) in [6.45, 7) is 2.07. The summed E-state index contributed by atoms with van der Waals surface area (Å²) in [5, 5.41) is 12.2. The predicted octanol–water partition coefficient (Wildman–Crippen LogP) is 1.68. The van der Waals surface area contributed by atoms with Gasteiger partial charge in [0.2, 0.25) is 0 Å². The molecule has 0 radical (unpaired) electrons. The number of rotatable bonds is 3. The largest absolute Gasteiger partial charge is 0.299 e. The van der Waals surface area contributed by atoms with Gasteiger partial charge in [0, 0.05) is 6.04 Å². The minimum atomic E-state index is 0.0903. The van der Waals surface area contributed by atoms with Gasteiger partial charge in [-0.3, -0.25) is 5.32 Å². The Balaban J connectivity index is 1.76. The van der Waals surface area contributed by atoms with Gasteiger partial charge >= 0.3 is 0 Å². The van der Waals surface area contributed by atoms with Crippen LogP contribution in [0.5, 0.6) is 0 Å². The van der Waals surface area contributed by atoms with E-state index in [2.05, 4.69) is 18.3 Å². The smallest absolute Gasteiger partial charge is 0.0952 e. The number of nitrogens with one attached hydrogen (secondary N) is 1. The fraction of sp³-hybridized carbons (Fsp3) is 0.900. The second kappa shape index (κ2) is 3.06. The van der Waals surface area contributed by atoms with Crippen LogP contribution in [0.15, 0.2) is 0 Å². The van der Waals surface area contributed by atoms with E-state index in [1.165, 1.54) is 19.3 Å². The molecule has 2 heteroatoms. The lowest BCUT2D eigenvalue weighted by Crippen LogP contribution is -2.36. The van der Waals surface area contributed by atoms with E-state index in [4.69, 9.17) is 5.26 Å². The normalized spacial score (nSPS) is 40.2. The van der Waals surface area contributed by atoms with E-state index in [-0.39, 0.29) is 6.04 Å². The van der Waals surface area contributed by atoms with Gasteiger partial charge in [0.25, 0.3) is 0 Å². The van der Waals surface area contributed by atoms with Crippen molar-refractivity contribution in [3.05, 3.63) is 0 Å². The number of hydrogen-bond acceptors (Lipinski definition) is 2. The van der Waals surface area contributed by atoms with Crippen LogP contribution < -0.4 is 5.32 Å². The van der Waals surface area contributed by atoms with Gasteiger partial charge in [-0.25, -0.2) is 0 Å². The molecule has 0 aliphatic heterocycles. The van der Waals surface area contributed by atoms with Gasteiger partial charge in [0.05, 0.1) is 12.1 Å². The van der Waals surface area contributed by atoms with Crippen molar-refractivity contribution in [1.29, 1.82) is 5.26 Å². The number of nitrogens with zero attached hydrogens (tertiary/aromatic N) is 1. The first-order valence-electron chi connectivity index (χ1n) is 4.99. The maximum absolute atomic E-state index is 8.75. The Morgan fingerprint density at radius 3 is 2.58 bits per heavy atom. The maximum Gasteiger partial charge on any atom is 0.0952 e. The van der Waals surface area contributed by atoms with Gasteiger partial charge in [0.15, 0.2) is 0 Å². The van der Waals surface area contributed by atoms with E-state index in [9.17, 15) is 0 Å². The van der Waals surface area contributed by atoms with Crippen LogP contribution in [-0.2, 0) is 0 Å². The Labute approximate surface area is 74.0 Å². The lowest BCUT2D eigenvalue weighted by atomic mass is 10.1. The molecule has 2 aliphatic carbocycles. The minimum Gasteiger partial charge on any atom is -0.299 e. The van der Waals surface area contributed by atoms with Crippen LogP contribution in [0, 0.1) is 23.2 Å². The van der Waals surface area contributed by atoms with Crippen LogP contribution in [0.4, 0.5) is 0 Å². The molecule has 0 saturated heterocycles. The highest BCUT2D eigenvalue weighted by Crippen LogP contribution is 2.51. The highest BCUT2D eigenvalue weighted by Gasteiger charge is 2.45. The molecule has 0 heterocycles. The topological polar surface area (TPSA) is 35.8 Å². The molecule has 0 aromatic carbocycles. The molecule has 2 saturated carbocycles. The standard InChI is InChI=1S/C10H16N2/c1-2-9(6-11)12-10-4-7-3-8(7)5-10/h7-10,12H,2-5H2,1H3. The van der Waals surface area contributed by atoms with E-state index >= 15 is 0 Å². The zero-order valence-corrected chi connectivity index (χ0v) is 7.59. The van der Waals surface area contributed by atoms with Crippen LogP contribution in [0.3, 0.4) is 0 Å². The van der Waals surface area contributed by atoms with Crippen molar-refractivity contribution in [3.63, 3.8) is 0 Å². The van der Waals surface area contributed by atoms with Crippen LogP contribution >= 0.6 is 0 Å². The first-order chi connectivity index (χ1) is 5.83. The summed E-state index contributed by atoms with van der Waals surface area (Å²) in [4.78, 5) is 0. The molecule has 0 bridgehead atoms. The van der Waals surface area contributed by atoms with Crippen LogP contribution in [0.2, 0.25) is 0 Å². The molecule has 3 atom stereocenters. The molecular weight excluding hydrogens is 148 g/mol. The molecule has 1 N–H and O–H groups in total. The van der Waals surface area contributed by atoms with Crippen LogP contribution in [0.1, 0.15) is 32.6 Å². The van der Waals surface area contributed by atoms with E-state index < -0.39 is 0 Å². The first kappa shape index (κ1) is 8.07. The summed E-state index contributed by atoms with van der Waals surface area (Å²) in [5.74, 6) is 2.03. The quantitative estimate of drug-likeness (QED) is 0.688. The van der Waals surface area contributed by atoms with Gasteiger partial charge in [-0.15, -0.1) is 0 Å². The summed E-state index contributed by atoms with van der Waals surface area (Å²) in [7, 11) is 0. The Kier molecular flexibility index (Phi) is 2.06. The number of hydrogen-bond donors (Lipinski definition) is 1. The lowest BCUT2D eigenvalue weighted by molar-refractivity contribution is 0.442. The molecule has 2 nitrogen and oxygen atoms in total. The van der Waals surface area contributed by atoms with E-state index in [1.54, 1.807) is 0 Å². The lowest BCUT2D eigenvalue weighted by Gasteiger charge is -2.17. The summed E-state index contributed by atoms with van der Waals surface area (Å²) >= 11 is 0. The molecule has 12 heavy (non-hydrogen) atoms. The van der Waals surface area contributed by atoms with Crippen LogP contribution in [0.25, 0.3) is 0 Å². The van der Waals surface area contributed by atoms with Crippen molar-refractivity contribution in [2.45, 2.75) is 44.7 Å². The molecule has 0 aromatic rings. The minimum absolute atomic E-state index is 0.0903. The molecular formula is C10H16N2. The second-order valence-electron chi connectivity index (χ2n) is 4.18. The van der Waals surface area contributed by atoms with Crippen molar-refractivity contribution in [2.24, 2.45) is 11.8 Å². The average Bonchev–Trinajstić information content (AvgIpc) is 2.70. The summed E-state index contributed by atoms with van der Waals surface area (Å²) < 4.78 is 0. The Hall–Kier alpha value is -0.550. The zero-order valence-electron chi connectivity index (χ0n) is 7.59. The van der Waals surface area contributed by atoms with Crippen molar-refractivity contribution in [2.75, 3.05) is 0 Å². The summed E-state index contributed by atoms with van der Waals surface area (Å²) in [6.07, 6.45) is 5.04. The molecule has 0 aromatic heterocycles. The highest BCUT2D eigenvalue weighted by molar-refractivity contribution is 5.01. The third-order valence-corrected chi connectivity index (χ3v) is 3.24. The molecule has 0 amide bonds. The van der Waals surface area contributed by atoms with Gasteiger partial charge in [-0.1, -0.05) is 6.92 Å². The van der Waals surface area contributed by atoms with E-state index in [0.29, 0.717) is 6.04 Å². The number of fused-ring (bicyclic) bond motifs is 1. The molecule has 2 fully saturated rings. The third-order valence-electron chi connectivity index (χ3n) is 3.24. The predicted molar refractivity (Wildman–Crippen MR) is 47.4 cm³/mol. The molecule has 3 unspecified atom stereocenters. The van der Waals surface area contributed by atoms with Crippen molar-refractivity contribution >= 4 is 0 Å². The van der Waals surface area contributed by atoms with Gasteiger partial charge in [0.1, 0.15) is 0 Å². The Bertz CT molecular complexity index is 196. The highest BCUT2D eigenvalue weighted by atomic mass is 15.0. The summed E-state index contributed by atoms with van der Waals surface area (Å²) in [5.41, 5.74) is 0. The van der Waals surface area contributed by atoms with E-state index in [0.717, 1.165) is 18.3 Å². The van der Waals surface area contributed by atoms with Crippen molar-refractivity contribution in [1.82, 2.24) is 5.32 Å². The third kappa shape index (κ3) is 1.47. The fourth-order valence-corrected chi connectivity index (χ4v) is 2.38. The van der Waals surface area contributed by atoms with Crippen LogP contribution in [-0.4, -0.2) is 12.1 Å². The zero-order chi connectivity index (χ0) is 8.55. The van der Waals surface area contributed by atoms with Gasteiger partial charge in [-0.05, 0) is 37.5 Å². The second-order valence-corrected chi connectivity index (χ2v) is 4.18. The maximum atomic E-state index is 8.75. The van der Waals surface area contributed by atoms with E-state index in [1.807, 2.05) is 0 Å². The number of nitriles is 1. The SMILES string of the molecule is CCC(C#N)NC1CC2CC2C1. The monoisotopic (exact) mass is 164 g/mol. The Morgan fingerprint density at radius 2 is 2.08 bits per heavy atom. The average molecular weight is 164 g/mol. The van der Waals surface area contributed by atoms with Gasteiger partial charge < -0.3 is 0 Å². The first-order valence-corrected chi connectivity index (χ1v) is 4.99. The molecule has 0 spiro atoms.